The molecule has 0 atom stereocenters. The fraction of sp³-hybridized carbons (Fsp3) is 0.121. The normalized spacial score (nSPS) is 10.8. The predicted molar refractivity (Wildman–Crippen MR) is 155 cm³/mol. The van der Waals surface area contributed by atoms with Gasteiger partial charge in [0, 0.05) is 5.69 Å². The van der Waals surface area contributed by atoms with E-state index >= 15 is 0 Å². The van der Waals surface area contributed by atoms with Crippen molar-refractivity contribution in [3.8, 4) is 23.3 Å². The van der Waals surface area contributed by atoms with Crippen LogP contribution in [0.2, 0.25) is 0 Å². The molecule has 0 aliphatic rings. The van der Waals surface area contributed by atoms with Gasteiger partial charge in [-0.05, 0) is 78.2 Å². The molecule has 0 unspecified atom stereocenters. The van der Waals surface area contributed by atoms with E-state index in [-0.39, 0.29) is 17.7 Å². The van der Waals surface area contributed by atoms with Gasteiger partial charge in [-0.1, -0.05) is 48.5 Å². The minimum atomic E-state index is -0.993. The number of nitriles is 1. The summed E-state index contributed by atoms with van der Waals surface area (Å²) >= 11 is 0. The number of benzene rings is 4. The first-order valence-corrected chi connectivity index (χ1v) is 12.9. The Morgan fingerprint density at radius 1 is 0.829 bits per heavy atom. The Morgan fingerprint density at radius 3 is 2.17 bits per heavy atom. The Hall–Kier alpha value is -5.55. The Balaban J connectivity index is 1.39. The van der Waals surface area contributed by atoms with Crippen LogP contribution in [0, 0.1) is 11.3 Å². The van der Waals surface area contributed by atoms with Crippen molar-refractivity contribution in [2.75, 3.05) is 11.9 Å². The van der Waals surface area contributed by atoms with Crippen molar-refractivity contribution in [1.82, 2.24) is 0 Å². The van der Waals surface area contributed by atoms with E-state index < -0.39 is 11.9 Å². The van der Waals surface area contributed by atoms with Crippen molar-refractivity contribution < 1.29 is 28.9 Å². The molecule has 0 saturated carbocycles. The molecule has 1 amide bonds. The average Bonchev–Trinajstić information content (AvgIpc) is 3.00. The summed E-state index contributed by atoms with van der Waals surface area (Å²) < 4.78 is 17.4. The molecule has 0 saturated heterocycles. The molecule has 0 radical (unpaired) electrons. The summed E-state index contributed by atoms with van der Waals surface area (Å²) in [6.45, 7) is 2.86. The smallest absolute Gasteiger partial charge is 0.335 e. The van der Waals surface area contributed by atoms with E-state index in [1.165, 1.54) is 18.2 Å². The second-order valence-corrected chi connectivity index (χ2v) is 8.85. The molecule has 0 heterocycles. The van der Waals surface area contributed by atoms with Gasteiger partial charge >= 0.3 is 5.97 Å². The molecule has 2 N–H and O–H groups in total. The molecule has 0 aliphatic heterocycles. The summed E-state index contributed by atoms with van der Waals surface area (Å²) in [6.07, 6.45) is 1.48. The van der Waals surface area contributed by atoms with Crippen molar-refractivity contribution in [3.63, 3.8) is 0 Å². The third-order valence-electron chi connectivity index (χ3n) is 5.90. The molecule has 0 spiro atoms. The number of ether oxygens (including phenoxy) is 3. The standard InChI is InChI=1S/C33H28N2O6/c1-2-39-31-19-25(10-17-30(31)41-22-24-8-11-26(12-9-24)33(37)38)18-27(20-34)32(36)35-28-13-15-29(16-14-28)40-21-23-6-4-3-5-7-23/h3-19H,2,21-22H2,1H3,(H,35,36)(H,37,38)/b27-18+. The summed E-state index contributed by atoms with van der Waals surface area (Å²) in [5.74, 6) is 0.0442. The van der Waals surface area contributed by atoms with Gasteiger partial charge in [0.15, 0.2) is 11.5 Å². The SMILES string of the molecule is CCOc1cc(/C=C(\C#N)C(=O)Nc2ccc(OCc3ccccc3)cc2)ccc1OCc1ccc(C(=O)O)cc1. The second-order valence-electron chi connectivity index (χ2n) is 8.85. The molecule has 0 aliphatic carbocycles. The van der Waals surface area contributed by atoms with Gasteiger partial charge in [0.05, 0.1) is 12.2 Å². The van der Waals surface area contributed by atoms with Crippen molar-refractivity contribution in [2.24, 2.45) is 0 Å². The number of nitrogens with zero attached hydrogens (tertiary/aromatic N) is 1. The Labute approximate surface area is 238 Å². The summed E-state index contributed by atoms with van der Waals surface area (Å²) in [6, 6.07) is 30.2. The van der Waals surface area contributed by atoms with Crippen LogP contribution < -0.4 is 19.5 Å². The largest absolute Gasteiger partial charge is 0.490 e. The van der Waals surface area contributed by atoms with E-state index in [0.717, 1.165) is 11.1 Å². The van der Waals surface area contributed by atoms with Crippen molar-refractivity contribution in [1.29, 1.82) is 5.26 Å². The maximum absolute atomic E-state index is 12.8. The van der Waals surface area contributed by atoms with Gasteiger partial charge < -0.3 is 24.6 Å². The van der Waals surface area contributed by atoms with Crippen LogP contribution in [0.3, 0.4) is 0 Å². The number of hydrogen-bond donors (Lipinski definition) is 2. The van der Waals surface area contributed by atoms with E-state index in [4.69, 9.17) is 19.3 Å². The molecule has 8 nitrogen and oxygen atoms in total. The van der Waals surface area contributed by atoms with Gasteiger partial charge in [-0.2, -0.15) is 5.26 Å². The number of carboxylic acid groups (broad SMARTS) is 1. The average molecular weight is 549 g/mol. The first-order chi connectivity index (χ1) is 19.9. The van der Waals surface area contributed by atoms with Crippen molar-refractivity contribution in [3.05, 3.63) is 125 Å². The minimum absolute atomic E-state index is 0.0796. The van der Waals surface area contributed by atoms with E-state index in [1.807, 2.05) is 43.3 Å². The minimum Gasteiger partial charge on any atom is -0.490 e. The van der Waals surface area contributed by atoms with Gasteiger partial charge in [0.2, 0.25) is 0 Å². The lowest BCUT2D eigenvalue weighted by atomic mass is 10.1. The molecule has 4 aromatic rings. The lowest BCUT2D eigenvalue weighted by molar-refractivity contribution is -0.112. The monoisotopic (exact) mass is 548 g/mol. The van der Waals surface area contributed by atoms with Crippen LogP contribution in [0.1, 0.15) is 34.0 Å². The number of anilines is 1. The van der Waals surface area contributed by atoms with Gasteiger partial charge in [-0.15, -0.1) is 0 Å². The summed E-state index contributed by atoms with van der Waals surface area (Å²) in [7, 11) is 0. The molecular formula is C33H28N2O6. The highest BCUT2D eigenvalue weighted by Crippen LogP contribution is 2.30. The molecular weight excluding hydrogens is 520 g/mol. The van der Waals surface area contributed by atoms with Crippen LogP contribution in [-0.4, -0.2) is 23.6 Å². The third kappa shape index (κ3) is 8.22. The van der Waals surface area contributed by atoms with Crippen LogP contribution in [0.5, 0.6) is 17.2 Å². The molecule has 0 bridgehead atoms. The Bertz CT molecular complexity index is 1560. The maximum atomic E-state index is 12.8. The Morgan fingerprint density at radius 2 is 1.51 bits per heavy atom. The van der Waals surface area contributed by atoms with Crippen LogP contribution >= 0.6 is 0 Å². The molecule has 4 rings (SSSR count). The fourth-order valence-corrected chi connectivity index (χ4v) is 3.80. The summed E-state index contributed by atoms with van der Waals surface area (Å²) in [5.41, 5.74) is 3.07. The zero-order valence-electron chi connectivity index (χ0n) is 22.4. The summed E-state index contributed by atoms with van der Waals surface area (Å²) in [5, 5.41) is 21.4. The quantitative estimate of drug-likeness (QED) is 0.154. The molecule has 41 heavy (non-hydrogen) atoms. The highest BCUT2D eigenvalue weighted by molar-refractivity contribution is 6.09. The number of amides is 1. The van der Waals surface area contributed by atoms with E-state index in [9.17, 15) is 14.9 Å². The van der Waals surface area contributed by atoms with Gasteiger partial charge in [0.25, 0.3) is 5.91 Å². The van der Waals surface area contributed by atoms with Gasteiger partial charge in [-0.25, -0.2) is 4.79 Å². The van der Waals surface area contributed by atoms with E-state index in [2.05, 4.69) is 5.32 Å². The van der Waals surface area contributed by atoms with Crippen LogP contribution in [-0.2, 0) is 18.0 Å². The van der Waals surface area contributed by atoms with E-state index in [0.29, 0.717) is 41.7 Å². The van der Waals surface area contributed by atoms with Crippen LogP contribution in [0.15, 0.2) is 103 Å². The Kier molecular flexibility index (Phi) is 9.73. The second kappa shape index (κ2) is 14.0. The van der Waals surface area contributed by atoms with Gasteiger partial charge in [-0.3, -0.25) is 4.79 Å². The predicted octanol–water partition coefficient (Wildman–Crippen LogP) is 6.49. The lowest BCUT2D eigenvalue weighted by Gasteiger charge is -2.13. The molecule has 0 fully saturated rings. The van der Waals surface area contributed by atoms with Crippen molar-refractivity contribution in [2.45, 2.75) is 20.1 Å². The fourth-order valence-electron chi connectivity index (χ4n) is 3.80. The lowest BCUT2D eigenvalue weighted by Crippen LogP contribution is -2.13. The zero-order valence-corrected chi connectivity index (χ0v) is 22.4. The number of hydrogen-bond acceptors (Lipinski definition) is 6. The number of nitrogens with one attached hydrogen (secondary N) is 1. The molecule has 8 heteroatoms. The van der Waals surface area contributed by atoms with Gasteiger partial charge in [0.1, 0.15) is 30.6 Å². The molecule has 206 valence electrons. The van der Waals surface area contributed by atoms with Crippen molar-refractivity contribution >= 4 is 23.6 Å². The highest BCUT2D eigenvalue weighted by atomic mass is 16.5. The number of rotatable bonds is 12. The first-order valence-electron chi connectivity index (χ1n) is 12.9. The van der Waals surface area contributed by atoms with Crippen LogP contribution in [0.4, 0.5) is 5.69 Å². The zero-order chi connectivity index (χ0) is 29.0. The molecule has 4 aromatic carbocycles. The maximum Gasteiger partial charge on any atom is 0.335 e. The van der Waals surface area contributed by atoms with Crippen LogP contribution in [0.25, 0.3) is 6.08 Å². The number of carboxylic acids is 1. The van der Waals surface area contributed by atoms with E-state index in [1.54, 1.807) is 54.6 Å². The molecule has 0 aromatic heterocycles. The number of carbonyl (C=O) groups excluding carboxylic acids is 1. The topological polar surface area (TPSA) is 118 Å². The highest BCUT2D eigenvalue weighted by Gasteiger charge is 2.12. The summed E-state index contributed by atoms with van der Waals surface area (Å²) in [4.78, 5) is 23.9. The number of aromatic carboxylic acids is 1. The third-order valence-corrected chi connectivity index (χ3v) is 5.90. The number of carbonyl (C=O) groups is 2. The first kappa shape index (κ1) is 28.5.